The maximum atomic E-state index is 11.7. The zero-order valence-electron chi connectivity index (χ0n) is 14.7. The van der Waals surface area contributed by atoms with Gasteiger partial charge in [-0.3, -0.25) is 19.2 Å². The van der Waals surface area contributed by atoms with E-state index in [4.69, 9.17) is 14.2 Å². The zero-order valence-corrected chi connectivity index (χ0v) is 14.7. The van der Waals surface area contributed by atoms with Crippen molar-refractivity contribution in [3.05, 3.63) is 0 Å². The Bertz CT molecular complexity index is 421. The van der Waals surface area contributed by atoms with Gasteiger partial charge in [0.25, 0.3) is 0 Å². The van der Waals surface area contributed by atoms with Gasteiger partial charge in [-0.15, -0.1) is 0 Å². The lowest BCUT2D eigenvalue weighted by Crippen LogP contribution is -2.34. The lowest BCUT2D eigenvalue weighted by Gasteiger charge is -2.19. The van der Waals surface area contributed by atoms with Crippen LogP contribution in [0.1, 0.15) is 41.5 Å². The molecule has 0 aromatic carbocycles. The standard InChI is InChI=1S/C16H26O7/c1-11(17)15(3,4)13(19)22-9-7-21-8-10-23-14(20)16(5,6)12(2)18/h7-10H2,1-6H3. The molecule has 0 saturated heterocycles. The van der Waals surface area contributed by atoms with Gasteiger partial charge in [-0.25, -0.2) is 0 Å². The third kappa shape index (κ3) is 6.48. The monoisotopic (exact) mass is 330 g/mol. The van der Waals surface area contributed by atoms with Crippen LogP contribution in [0.5, 0.6) is 0 Å². The first kappa shape index (κ1) is 21.2. The Kier molecular flexibility index (Phi) is 8.09. The summed E-state index contributed by atoms with van der Waals surface area (Å²) < 4.78 is 15.0. The highest BCUT2D eigenvalue weighted by Gasteiger charge is 2.35. The van der Waals surface area contributed by atoms with Crippen LogP contribution in [0.25, 0.3) is 0 Å². The van der Waals surface area contributed by atoms with E-state index in [1.165, 1.54) is 41.5 Å². The van der Waals surface area contributed by atoms with E-state index in [0.29, 0.717) is 0 Å². The SMILES string of the molecule is CC(=O)C(C)(C)C(=O)OCCOCCOC(=O)C(C)(C)C(C)=O. The number of hydrogen-bond donors (Lipinski definition) is 0. The molecule has 0 fully saturated rings. The van der Waals surface area contributed by atoms with Gasteiger partial charge in [0.05, 0.1) is 13.2 Å². The molecule has 132 valence electrons. The summed E-state index contributed by atoms with van der Waals surface area (Å²) in [6.07, 6.45) is 0. The molecule has 0 bridgehead atoms. The van der Waals surface area contributed by atoms with Gasteiger partial charge in [0.15, 0.2) is 0 Å². The second-order valence-electron chi connectivity index (χ2n) is 6.25. The van der Waals surface area contributed by atoms with Gasteiger partial charge >= 0.3 is 11.9 Å². The van der Waals surface area contributed by atoms with E-state index in [-0.39, 0.29) is 38.0 Å². The fourth-order valence-electron chi connectivity index (χ4n) is 1.14. The van der Waals surface area contributed by atoms with E-state index < -0.39 is 22.8 Å². The molecule has 23 heavy (non-hydrogen) atoms. The van der Waals surface area contributed by atoms with Gasteiger partial charge < -0.3 is 14.2 Å². The Labute approximate surface area is 136 Å². The van der Waals surface area contributed by atoms with Crippen LogP contribution >= 0.6 is 0 Å². The summed E-state index contributed by atoms with van der Waals surface area (Å²) in [4.78, 5) is 45.9. The Balaban J connectivity index is 3.88. The van der Waals surface area contributed by atoms with Crippen molar-refractivity contribution in [1.82, 2.24) is 0 Å². The van der Waals surface area contributed by atoms with E-state index >= 15 is 0 Å². The molecule has 0 N–H and O–H groups in total. The Morgan fingerprint density at radius 1 is 0.652 bits per heavy atom. The molecule has 7 nitrogen and oxygen atoms in total. The van der Waals surface area contributed by atoms with E-state index in [1.807, 2.05) is 0 Å². The molecule has 0 rings (SSSR count). The summed E-state index contributed by atoms with van der Waals surface area (Å²) in [5, 5.41) is 0. The molecular weight excluding hydrogens is 304 g/mol. The predicted molar refractivity (Wildman–Crippen MR) is 81.7 cm³/mol. The molecule has 0 spiro atoms. The van der Waals surface area contributed by atoms with Gasteiger partial charge in [-0.05, 0) is 41.5 Å². The van der Waals surface area contributed by atoms with Crippen molar-refractivity contribution < 1.29 is 33.4 Å². The summed E-state index contributed by atoms with van der Waals surface area (Å²) >= 11 is 0. The van der Waals surface area contributed by atoms with Gasteiger partial charge in [-0.1, -0.05) is 0 Å². The van der Waals surface area contributed by atoms with Gasteiger partial charge in [-0.2, -0.15) is 0 Å². The van der Waals surface area contributed by atoms with Crippen molar-refractivity contribution in [2.75, 3.05) is 26.4 Å². The van der Waals surface area contributed by atoms with Crippen LogP contribution in [0.2, 0.25) is 0 Å². The van der Waals surface area contributed by atoms with Crippen molar-refractivity contribution in [2.24, 2.45) is 10.8 Å². The van der Waals surface area contributed by atoms with Crippen molar-refractivity contribution >= 4 is 23.5 Å². The molecule has 0 radical (unpaired) electrons. The number of ether oxygens (including phenoxy) is 3. The van der Waals surface area contributed by atoms with Crippen molar-refractivity contribution in [2.45, 2.75) is 41.5 Å². The number of carbonyl (C=O) groups excluding carboxylic acids is 4. The highest BCUT2D eigenvalue weighted by Crippen LogP contribution is 2.19. The summed E-state index contributed by atoms with van der Waals surface area (Å²) in [7, 11) is 0. The van der Waals surface area contributed by atoms with Crippen LogP contribution in [-0.2, 0) is 33.4 Å². The molecule has 0 aliphatic rings. The Morgan fingerprint density at radius 2 is 0.957 bits per heavy atom. The summed E-state index contributed by atoms with van der Waals surface area (Å²) in [5.41, 5.74) is -2.35. The first-order chi connectivity index (χ1) is 10.4. The highest BCUT2D eigenvalue weighted by molar-refractivity contribution is 6.02. The molecule has 0 unspecified atom stereocenters. The van der Waals surface area contributed by atoms with Gasteiger partial charge in [0.2, 0.25) is 0 Å². The van der Waals surface area contributed by atoms with Crippen LogP contribution in [0.3, 0.4) is 0 Å². The number of esters is 2. The molecule has 0 aromatic rings. The minimum Gasteiger partial charge on any atom is -0.463 e. The number of Topliss-reactive ketones (excluding diaryl/α,β-unsaturated/α-hetero) is 2. The maximum Gasteiger partial charge on any atom is 0.319 e. The summed E-state index contributed by atoms with van der Waals surface area (Å²) in [6, 6.07) is 0. The molecule has 0 amide bonds. The van der Waals surface area contributed by atoms with Crippen LogP contribution < -0.4 is 0 Å². The number of rotatable bonds is 10. The minimum absolute atomic E-state index is 0.00241. The van der Waals surface area contributed by atoms with Crippen molar-refractivity contribution in [3.8, 4) is 0 Å². The van der Waals surface area contributed by atoms with E-state index in [0.717, 1.165) is 0 Å². The van der Waals surface area contributed by atoms with E-state index in [9.17, 15) is 19.2 Å². The maximum absolute atomic E-state index is 11.7. The molecule has 0 atom stereocenters. The Hall–Kier alpha value is -1.76. The quantitative estimate of drug-likeness (QED) is 0.338. The Morgan fingerprint density at radius 3 is 1.22 bits per heavy atom. The van der Waals surface area contributed by atoms with Crippen molar-refractivity contribution in [1.29, 1.82) is 0 Å². The van der Waals surface area contributed by atoms with Crippen molar-refractivity contribution in [3.63, 3.8) is 0 Å². The van der Waals surface area contributed by atoms with Crippen LogP contribution in [-0.4, -0.2) is 49.9 Å². The number of hydrogen-bond acceptors (Lipinski definition) is 7. The second-order valence-corrected chi connectivity index (χ2v) is 6.25. The summed E-state index contributed by atoms with van der Waals surface area (Å²) in [6.45, 7) is 8.88. The molecule has 0 aliphatic heterocycles. The fourth-order valence-corrected chi connectivity index (χ4v) is 1.14. The number of carbonyl (C=O) groups is 4. The third-order valence-corrected chi connectivity index (χ3v) is 3.70. The molecule has 0 aliphatic carbocycles. The molecule has 0 aromatic heterocycles. The van der Waals surface area contributed by atoms with E-state index in [2.05, 4.69) is 0 Å². The molecule has 7 heteroatoms. The normalized spacial score (nSPS) is 11.7. The second kappa shape index (κ2) is 8.76. The first-order valence-corrected chi connectivity index (χ1v) is 7.38. The first-order valence-electron chi connectivity index (χ1n) is 7.38. The van der Waals surface area contributed by atoms with Gasteiger partial charge in [0.1, 0.15) is 35.6 Å². The van der Waals surface area contributed by atoms with Crippen LogP contribution in [0, 0.1) is 10.8 Å². The number of ketones is 2. The fraction of sp³-hybridized carbons (Fsp3) is 0.750. The lowest BCUT2D eigenvalue weighted by atomic mass is 9.89. The average Bonchev–Trinajstić information content (AvgIpc) is 2.44. The largest absolute Gasteiger partial charge is 0.463 e. The van der Waals surface area contributed by atoms with Gasteiger partial charge in [0, 0.05) is 0 Å². The zero-order chi connectivity index (χ0) is 18.3. The third-order valence-electron chi connectivity index (χ3n) is 3.70. The molecule has 0 heterocycles. The van der Waals surface area contributed by atoms with Crippen LogP contribution in [0.15, 0.2) is 0 Å². The molecular formula is C16H26O7. The average molecular weight is 330 g/mol. The predicted octanol–water partition coefficient (Wildman–Crippen LogP) is 1.32. The van der Waals surface area contributed by atoms with Crippen LogP contribution in [0.4, 0.5) is 0 Å². The topological polar surface area (TPSA) is 96.0 Å². The highest BCUT2D eigenvalue weighted by atomic mass is 16.6. The smallest absolute Gasteiger partial charge is 0.319 e. The van der Waals surface area contributed by atoms with E-state index in [1.54, 1.807) is 0 Å². The molecule has 0 saturated carbocycles. The lowest BCUT2D eigenvalue weighted by molar-refractivity contribution is -0.159. The minimum atomic E-state index is -1.17. The summed E-state index contributed by atoms with van der Waals surface area (Å²) in [5.74, 6) is -1.77.